The summed E-state index contributed by atoms with van der Waals surface area (Å²) in [6.07, 6.45) is 0.461. The molecule has 0 heterocycles. The summed E-state index contributed by atoms with van der Waals surface area (Å²) in [6, 6.07) is 14.4. The summed E-state index contributed by atoms with van der Waals surface area (Å²) >= 11 is 5.80. The van der Waals surface area contributed by atoms with Crippen LogP contribution in [0.5, 0.6) is 11.5 Å². The van der Waals surface area contributed by atoms with E-state index in [4.69, 9.17) is 16.3 Å². The number of hydrogen-bond donors (Lipinski definition) is 1. The predicted molar refractivity (Wildman–Crippen MR) is 76.9 cm³/mol. The van der Waals surface area contributed by atoms with Gasteiger partial charge in [-0.15, -0.1) is 0 Å². The third kappa shape index (κ3) is 4.00. The summed E-state index contributed by atoms with van der Waals surface area (Å²) in [7, 11) is 0. The highest BCUT2D eigenvalue weighted by Gasteiger charge is 2.00. The normalized spacial score (nSPS) is 10.0. The maximum Gasteiger partial charge on any atom is 0.224 e. The number of amides is 1. The fourth-order valence-electron chi connectivity index (χ4n) is 1.49. The highest BCUT2D eigenvalue weighted by Crippen LogP contribution is 2.24. The molecular formula is C15H14ClNO2. The SMILES string of the molecule is CCC(=O)Nc1ccc(Oc2ccc(Cl)cc2)cc1. The summed E-state index contributed by atoms with van der Waals surface area (Å²) in [5, 5.41) is 3.45. The summed E-state index contributed by atoms with van der Waals surface area (Å²) in [5.41, 5.74) is 0.760. The van der Waals surface area contributed by atoms with Gasteiger partial charge in [0.05, 0.1) is 0 Å². The van der Waals surface area contributed by atoms with Gasteiger partial charge in [0.15, 0.2) is 0 Å². The van der Waals surface area contributed by atoms with Crippen LogP contribution in [0.3, 0.4) is 0 Å². The molecule has 0 aliphatic heterocycles. The predicted octanol–water partition coefficient (Wildman–Crippen LogP) is 4.48. The molecule has 0 aromatic heterocycles. The minimum absolute atomic E-state index is 0.00799. The fraction of sp³-hybridized carbons (Fsp3) is 0.133. The number of carbonyl (C=O) groups excluding carboxylic acids is 1. The monoisotopic (exact) mass is 275 g/mol. The van der Waals surface area contributed by atoms with Crippen LogP contribution in [0.1, 0.15) is 13.3 Å². The second kappa shape index (κ2) is 6.25. The molecule has 0 radical (unpaired) electrons. The molecule has 0 aliphatic carbocycles. The van der Waals surface area contributed by atoms with Crippen LogP contribution >= 0.6 is 11.6 Å². The molecule has 1 amide bonds. The first-order valence-corrected chi connectivity index (χ1v) is 6.38. The Kier molecular flexibility index (Phi) is 4.42. The lowest BCUT2D eigenvalue weighted by Crippen LogP contribution is -2.08. The van der Waals surface area contributed by atoms with E-state index in [0.717, 1.165) is 11.4 Å². The fourth-order valence-corrected chi connectivity index (χ4v) is 1.62. The van der Waals surface area contributed by atoms with Gasteiger partial charge in [-0.25, -0.2) is 0 Å². The molecule has 3 nitrogen and oxygen atoms in total. The molecule has 0 aliphatic rings. The molecule has 0 fully saturated rings. The van der Waals surface area contributed by atoms with Crippen LogP contribution in [0.25, 0.3) is 0 Å². The zero-order chi connectivity index (χ0) is 13.7. The first-order valence-electron chi connectivity index (χ1n) is 6.00. The van der Waals surface area contributed by atoms with Crippen molar-refractivity contribution in [2.24, 2.45) is 0 Å². The zero-order valence-corrected chi connectivity index (χ0v) is 11.3. The lowest BCUT2D eigenvalue weighted by Gasteiger charge is -2.07. The molecule has 0 atom stereocenters. The van der Waals surface area contributed by atoms with Crippen molar-refractivity contribution in [2.45, 2.75) is 13.3 Å². The number of nitrogens with one attached hydrogen (secondary N) is 1. The molecule has 2 aromatic carbocycles. The molecule has 2 rings (SSSR count). The molecule has 19 heavy (non-hydrogen) atoms. The van der Waals surface area contributed by atoms with Crippen molar-refractivity contribution in [1.29, 1.82) is 0 Å². The Morgan fingerprint density at radius 1 is 1.05 bits per heavy atom. The van der Waals surface area contributed by atoms with Crippen molar-refractivity contribution in [2.75, 3.05) is 5.32 Å². The van der Waals surface area contributed by atoms with Gasteiger partial charge >= 0.3 is 0 Å². The van der Waals surface area contributed by atoms with Crippen LogP contribution in [0.15, 0.2) is 48.5 Å². The molecule has 1 N–H and O–H groups in total. The number of ether oxygens (including phenoxy) is 1. The van der Waals surface area contributed by atoms with Crippen molar-refractivity contribution >= 4 is 23.2 Å². The molecule has 98 valence electrons. The second-order valence-electron chi connectivity index (χ2n) is 3.98. The molecule has 0 spiro atoms. The minimum atomic E-state index is -0.00799. The van der Waals surface area contributed by atoms with E-state index in [9.17, 15) is 4.79 Å². The minimum Gasteiger partial charge on any atom is -0.457 e. The van der Waals surface area contributed by atoms with Crippen LogP contribution in [-0.2, 0) is 4.79 Å². The average molecular weight is 276 g/mol. The smallest absolute Gasteiger partial charge is 0.224 e. The number of hydrogen-bond acceptors (Lipinski definition) is 2. The first kappa shape index (κ1) is 13.4. The topological polar surface area (TPSA) is 38.3 Å². The van der Waals surface area contributed by atoms with Gasteiger partial charge in [-0.1, -0.05) is 18.5 Å². The van der Waals surface area contributed by atoms with E-state index >= 15 is 0 Å². The van der Waals surface area contributed by atoms with E-state index in [0.29, 0.717) is 17.2 Å². The quantitative estimate of drug-likeness (QED) is 0.893. The van der Waals surface area contributed by atoms with Crippen LogP contribution in [0.4, 0.5) is 5.69 Å². The van der Waals surface area contributed by atoms with Gasteiger partial charge in [-0.05, 0) is 48.5 Å². The summed E-state index contributed by atoms with van der Waals surface area (Å²) in [6.45, 7) is 1.81. The summed E-state index contributed by atoms with van der Waals surface area (Å²) < 4.78 is 5.65. The Hall–Kier alpha value is -2.00. The highest BCUT2D eigenvalue weighted by atomic mass is 35.5. The molecule has 0 bridgehead atoms. The number of halogens is 1. The molecule has 2 aromatic rings. The van der Waals surface area contributed by atoms with Crippen LogP contribution in [-0.4, -0.2) is 5.91 Å². The number of rotatable bonds is 4. The Morgan fingerprint density at radius 3 is 2.11 bits per heavy atom. The molecular weight excluding hydrogens is 262 g/mol. The van der Waals surface area contributed by atoms with Gasteiger partial charge in [-0.2, -0.15) is 0 Å². The van der Waals surface area contributed by atoms with E-state index < -0.39 is 0 Å². The van der Waals surface area contributed by atoms with E-state index in [2.05, 4.69) is 5.32 Å². The van der Waals surface area contributed by atoms with Crippen molar-refractivity contribution in [1.82, 2.24) is 0 Å². The van der Waals surface area contributed by atoms with E-state index in [-0.39, 0.29) is 5.91 Å². The molecule has 4 heteroatoms. The maximum atomic E-state index is 11.2. The largest absolute Gasteiger partial charge is 0.457 e. The van der Waals surface area contributed by atoms with Gasteiger partial charge in [0.25, 0.3) is 0 Å². The number of benzene rings is 2. The lowest BCUT2D eigenvalue weighted by atomic mass is 10.3. The molecule has 0 unspecified atom stereocenters. The molecule has 0 saturated carbocycles. The van der Waals surface area contributed by atoms with Crippen molar-refractivity contribution in [3.8, 4) is 11.5 Å². The lowest BCUT2D eigenvalue weighted by molar-refractivity contribution is -0.115. The first-order chi connectivity index (χ1) is 9.17. The Labute approximate surface area is 117 Å². The van der Waals surface area contributed by atoms with Gasteiger partial charge in [-0.3, -0.25) is 4.79 Å². The third-order valence-electron chi connectivity index (χ3n) is 2.51. The zero-order valence-electron chi connectivity index (χ0n) is 10.5. The van der Waals surface area contributed by atoms with E-state index in [1.165, 1.54) is 0 Å². The third-order valence-corrected chi connectivity index (χ3v) is 2.76. The van der Waals surface area contributed by atoms with E-state index in [1.54, 1.807) is 48.5 Å². The Bertz CT molecular complexity index is 549. The van der Waals surface area contributed by atoms with Crippen LogP contribution < -0.4 is 10.1 Å². The van der Waals surface area contributed by atoms with Crippen molar-refractivity contribution in [3.05, 3.63) is 53.6 Å². The highest BCUT2D eigenvalue weighted by molar-refractivity contribution is 6.30. The van der Waals surface area contributed by atoms with Crippen LogP contribution in [0, 0.1) is 0 Å². The summed E-state index contributed by atoms with van der Waals surface area (Å²) in [5.74, 6) is 1.41. The van der Waals surface area contributed by atoms with Crippen molar-refractivity contribution < 1.29 is 9.53 Å². The number of anilines is 1. The molecule has 0 saturated heterocycles. The second-order valence-corrected chi connectivity index (χ2v) is 4.42. The standard InChI is InChI=1S/C15H14ClNO2/c1-2-15(18)17-12-5-9-14(10-6-12)19-13-7-3-11(16)4-8-13/h3-10H,2H2,1H3,(H,17,18). The van der Waals surface area contributed by atoms with E-state index in [1.807, 2.05) is 6.92 Å². The Morgan fingerprint density at radius 2 is 1.58 bits per heavy atom. The summed E-state index contributed by atoms with van der Waals surface area (Å²) in [4.78, 5) is 11.2. The van der Waals surface area contributed by atoms with Crippen molar-refractivity contribution in [3.63, 3.8) is 0 Å². The number of carbonyl (C=O) groups is 1. The van der Waals surface area contributed by atoms with Gasteiger partial charge in [0, 0.05) is 17.1 Å². The maximum absolute atomic E-state index is 11.2. The van der Waals surface area contributed by atoms with Gasteiger partial charge < -0.3 is 10.1 Å². The van der Waals surface area contributed by atoms with Gasteiger partial charge in [0.2, 0.25) is 5.91 Å². The van der Waals surface area contributed by atoms with Crippen LogP contribution in [0.2, 0.25) is 5.02 Å². The average Bonchev–Trinajstić information content (AvgIpc) is 2.43. The van der Waals surface area contributed by atoms with Gasteiger partial charge in [0.1, 0.15) is 11.5 Å². The Balaban J connectivity index is 2.02.